The average molecular weight is 191 g/mol. The molecule has 2 N–H and O–H groups in total. The number of thiophene rings is 1. The van der Waals surface area contributed by atoms with E-state index in [4.69, 9.17) is 5.73 Å². The maximum atomic E-state index is 10.6. The van der Waals surface area contributed by atoms with Crippen molar-refractivity contribution in [1.82, 2.24) is 0 Å². The SMILES string of the molecule is Cc1ccc(N)c2sc(C=O)cc12. The van der Waals surface area contributed by atoms with E-state index in [-0.39, 0.29) is 0 Å². The van der Waals surface area contributed by atoms with Crippen LogP contribution in [0.1, 0.15) is 15.2 Å². The number of hydrogen-bond acceptors (Lipinski definition) is 3. The van der Waals surface area contributed by atoms with Crippen molar-refractivity contribution in [3.8, 4) is 0 Å². The Morgan fingerprint density at radius 2 is 2.23 bits per heavy atom. The molecule has 0 fully saturated rings. The molecule has 0 aliphatic carbocycles. The maximum absolute atomic E-state index is 10.6. The fraction of sp³-hybridized carbons (Fsp3) is 0.100. The molecule has 1 aromatic heterocycles. The Kier molecular flexibility index (Phi) is 1.81. The molecule has 0 amide bonds. The van der Waals surface area contributed by atoms with Crippen LogP contribution in [0.2, 0.25) is 0 Å². The van der Waals surface area contributed by atoms with Crippen LogP contribution in [0.5, 0.6) is 0 Å². The maximum Gasteiger partial charge on any atom is 0.160 e. The fourth-order valence-electron chi connectivity index (χ4n) is 1.36. The highest BCUT2D eigenvalue weighted by Crippen LogP contribution is 2.31. The van der Waals surface area contributed by atoms with Crippen molar-refractivity contribution >= 4 is 33.4 Å². The molecule has 0 spiro atoms. The van der Waals surface area contributed by atoms with Gasteiger partial charge in [-0.15, -0.1) is 11.3 Å². The van der Waals surface area contributed by atoms with E-state index in [9.17, 15) is 4.79 Å². The Hall–Kier alpha value is -1.35. The lowest BCUT2D eigenvalue weighted by Gasteiger charge is -1.97. The monoisotopic (exact) mass is 191 g/mol. The van der Waals surface area contributed by atoms with Crippen molar-refractivity contribution < 1.29 is 4.79 Å². The minimum Gasteiger partial charge on any atom is -0.398 e. The number of carbonyl (C=O) groups is 1. The van der Waals surface area contributed by atoms with Crippen LogP contribution in [0.3, 0.4) is 0 Å². The fourth-order valence-corrected chi connectivity index (χ4v) is 2.33. The van der Waals surface area contributed by atoms with Gasteiger partial charge in [0, 0.05) is 5.69 Å². The molecule has 2 rings (SSSR count). The molecule has 1 heterocycles. The lowest BCUT2D eigenvalue weighted by molar-refractivity contribution is 0.112. The van der Waals surface area contributed by atoms with Gasteiger partial charge >= 0.3 is 0 Å². The Labute approximate surface area is 80.0 Å². The Morgan fingerprint density at radius 1 is 1.46 bits per heavy atom. The van der Waals surface area contributed by atoms with Crippen LogP contribution in [0.25, 0.3) is 10.1 Å². The van der Waals surface area contributed by atoms with Crippen LogP contribution in [0.4, 0.5) is 5.69 Å². The molecule has 0 saturated heterocycles. The van der Waals surface area contributed by atoms with E-state index in [0.717, 1.165) is 32.5 Å². The molecule has 66 valence electrons. The van der Waals surface area contributed by atoms with Gasteiger partial charge in [-0.2, -0.15) is 0 Å². The zero-order chi connectivity index (χ0) is 9.42. The minimum atomic E-state index is 0.732. The van der Waals surface area contributed by atoms with Crippen molar-refractivity contribution in [1.29, 1.82) is 0 Å². The van der Waals surface area contributed by atoms with Crippen molar-refractivity contribution in [3.05, 3.63) is 28.6 Å². The molecule has 2 nitrogen and oxygen atoms in total. The Bertz CT molecular complexity index is 434. The van der Waals surface area contributed by atoms with Gasteiger partial charge in [-0.05, 0) is 30.0 Å². The lowest BCUT2D eigenvalue weighted by atomic mass is 10.1. The number of aryl methyl sites for hydroxylation is 1. The topological polar surface area (TPSA) is 43.1 Å². The van der Waals surface area contributed by atoms with E-state index < -0.39 is 0 Å². The number of hydrogen-bond donors (Lipinski definition) is 1. The van der Waals surface area contributed by atoms with Crippen LogP contribution in [-0.2, 0) is 0 Å². The lowest BCUT2D eigenvalue weighted by Crippen LogP contribution is -1.84. The molecule has 0 aliphatic rings. The first-order valence-corrected chi connectivity index (χ1v) is 4.78. The van der Waals surface area contributed by atoms with E-state index >= 15 is 0 Å². The molecule has 0 radical (unpaired) electrons. The number of aldehydes is 1. The highest BCUT2D eigenvalue weighted by atomic mass is 32.1. The van der Waals surface area contributed by atoms with Gasteiger partial charge in [0.05, 0.1) is 9.58 Å². The summed E-state index contributed by atoms with van der Waals surface area (Å²) in [6.45, 7) is 2.02. The number of rotatable bonds is 1. The molecule has 13 heavy (non-hydrogen) atoms. The van der Waals surface area contributed by atoms with Crippen LogP contribution >= 0.6 is 11.3 Å². The average Bonchev–Trinajstić information content (AvgIpc) is 2.56. The summed E-state index contributed by atoms with van der Waals surface area (Å²) in [5.41, 5.74) is 7.70. The Balaban J connectivity index is 2.87. The van der Waals surface area contributed by atoms with Crippen LogP contribution in [0.15, 0.2) is 18.2 Å². The van der Waals surface area contributed by atoms with Gasteiger partial charge in [0.25, 0.3) is 0 Å². The van der Waals surface area contributed by atoms with Gasteiger partial charge in [-0.1, -0.05) is 6.07 Å². The van der Waals surface area contributed by atoms with E-state index in [2.05, 4.69) is 0 Å². The standard InChI is InChI=1S/C10H9NOS/c1-6-2-3-9(11)10-8(6)4-7(5-12)13-10/h2-5H,11H2,1H3. The molecule has 0 saturated carbocycles. The second-order valence-electron chi connectivity index (χ2n) is 2.98. The second-order valence-corrected chi connectivity index (χ2v) is 4.06. The van der Waals surface area contributed by atoms with Crippen LogP contribution in [-0.4, -0.2) is 6.29 Å². The number of nitrogen functional groups attached to an aromatic ring is 1. The molecule has 0 aliphatic heterocycles. The summed E-state index contributed by atoms with van der Waals surface area (Å²) in [6, 6.07) is 5.74. The van der Waals surface area contributed by atoms with Crippen LogP contribution in [0, 0.1) is 6.92 Å². The Morgan fingerprint density at radius 3 is 2.85 bits per heavy atom. The summed E-state index contributed by atoms with van der Waals surface area (Å²) in [6.07, 6.45) is 0.865. The van der Waals surface area contributed by atoms with Crippen molar-refractivity contribution in [3.63, 3.8) is 0 Å². The third-order valence-electron chi connectivity index (χ3n) is 2.07. The molecule has 0 atom stereocenters. The minimum absolute atomic E-state index is 0.732. The predicted octanol–water partition coefficient (Wildman–Crippen LogP) is 2.60. The first-order valence-electron chi connectivity index (χ1n) is 3.96. The smallest absolute Gasteiger partial charge is 0.160 e. The third-order valence-corrected chi connectivity index (χ3v) is 3.18. The quantitative estimate of drug-likeness (QED) is 0.556. The first kappa shape index (κ1) is 8.26. The van der Waals surface area contributed by atoms with E-state index in [1.807, 2.05) is 25.1 Å². The van der Waals surface area contributed by atoms with E-state index in [1.165, 1.54) is 11.3 Å². The van der Waals surface area contributed by atoms with Crippen LogP contribution < -0.4 is 5.73 Å². The molecular formula is C10H9NOS. The molecule has 0 bridgehead atoms. The number of anilines is 1. The number of benzene rings is 1. The van der Waals surface area contributed by atoms with Gasteiger partial charge < -0.3 is 5.73 Å². The zero-order valence-corrected chi connectivity index (χ0v) is 8.02. The van der Waals surface area contributed by atoms with Gasteiger partial charge in [0.2, 0.25) is 0 Å². The van der Waals surface area contributed by atoms with E-state index in [1.54, 1.807) is 0 Å². The predicted molar refractivity (Wildman–Crippen MR) is 56.4 cm³/mol. The third kappa shape index (κ3) is 1.21. The summed E-state index contributed by atoms with van der Waals surface area (Å²) < 4.78 is 1.02. The normalized spacial score (nSPS) is 10.5. The zero-order valence-electron chi connectivity index (χ0n) is 7.20. The van der Waals surface area contributed by atoms with Gasteiger partial charge in [0.1, 0.15) is 0 Å². The van der Waals surface area contributed by atoms with Crippen molar-refractivity contribution in [2.24, 2.45) is 0 Å². The highest BCUT2D eigenvalue weighted by Gasteiger charge is 2.05. The van der Waals surface area contributed by atoms with Crippen molar-refractivity contribution in [2.45, 2.75) is 6.92 Å². The number of fused-ring (bicyclic) bond motifs is 1. The highest BCUT2D eigenvalue weighted by molar-refractivity contribution is 7.21. The van der Waals surface area contributed by atoms with Gasteiger partial charge in [-0.25, -0.2) is 0 Å². The van der Waals surface area contributed by atoms with Crippen molar-refractivity contribution in [2.75, 3.05) is 5.73 Å². The first-order chi connectivity index (χ1) is 6.22. The molecule has 3 heteroatoms. The molecule has 1 aromatic carbocycles. The van der Waals surface area contributed by atoms with E-state index in [0.29, 0.717) is 0 Å². The largest absolute Gasteiger partial charge is 0.398 e. The molecule has 0 unspecified atom stereocenters. The summed E-state index contributed by atoms with van der Waals surface area (Å²) in [5, 5.41) is 1.09. The summed E-state index contributed by atoms with van der Waals surface area (Å²) in [7, 11) is 0. The molecular weight excluding hydrogens is 182 g/mol. The van der Waals surface area contributed by atoms with Gasteiger partial charge in [-0.3, -0.25) is 4.79 Å². The summed E-state index contributed by atoms with van der Waals surface area (Å²) in [4.78, 5) is 11.3. The number of nitrogens with two attached hydrogens (primary N) is 1. The molecule has 2 aromatic rings. The summed E-state index contributed by atoms with van der Waals surface area (Å²) >= 11 is 1.44. The number of carbonyl (C=O) groups excluding carboxylic acids is 1. The summed E-state index contributed by atoms with van der Waals surface area (Å²) in [5.74, 6) is 0. The van der Waals surface area contributed by atoms with Gasteiger partial charge in [0.15, 0.2) is 6.29 Å². The second kappa shape index (κ2) is 2.85.